The minimum atomic E-state index is -0.758. The topological polar surface area (TPSA) is 37.3 Å². The van der Waals surface area contributed by atoms with E-state index in [1.165, 1.54) is 0 Å². The van der Waals surface area contributed by atoms with Crippen molar-refractivity contribution in [2.45, 2.75) is 19.3 Å². The van der Waals surface area contributed by atoms with E-state index in [4.69, 9.17) is 5.11 Å². The molecule has 1 rings (SSSR count). The molecule has 1 N–H and O–H groups in total. The number of carboxylic acids is 1. The number of carbonyl (C=O) groups is 1. The quantitative estimate of drug-likeness (QED) is 0.748. The van der Waals surface area contributed by atoms with Gasteiger partial charge in [-0.25, -0.2) is 0 Å². The van der Waals surface area contributed by atoms with Crippen molar-refractivity contribution in [3.05, 3.63) is 48.6 Å². The van der Waals surface area contributed by atoms with Gasteiger partial charge >= 0.3 is 5.97 Å². The zero-order valence-corrected chi connectivity index (χ0v) is 8.89. The second-order valence-electron chi connectivity index (χ2n) is 3.53. The molecular formula is C13H16O2. The molecule has 0 unspecified atom stereocenters. The first-order valence-electron chi connectivity index (χ1n) is 5.11. The van der Waals surface area contributed by atoms with E-state index >= 15 is 0 Å². The van der Waals surface area contributed by atoms with Gasteiger partial charge in [-0.3, -0.25) is 4.79 Å². The highest BCUT2D eigenvalue weighted by Gasteiger charge is 2.24. The summed E-state index contributed by atoms with van der Waals surface area (Å²) in [4.78, 5) is 11.1. The maximum Gasteiger partial charge on any atom is 0.307 e. The first-order chi connectivity index (χ1) is 7.20. The van der Waals surface area contributed by atoms with Crippen LogP contribution in [0, 0.1) is 5.92 Å². The number of carboxylic acid groups (broad SMARTS) is 1. The van der Waals surface area contributed by atoms with Crippen LogP contribution in [0.2, 0.25) is 0 Å². The lowest BCUT2D eigenvalue weighted by molar-refractivity contribution is -0.142. The highest BCUT2D eigenvalue weighted by atomic mass is 16.4. The van der Waals surface area contributed by atoms with Crippen LogP contribution in [0.1, 0.15) is 24.8 Å². The molecule has 0 aromatic heterocycles. The minimum Gasteiger partial charge on any atom is -0.481 e. The van der Waals surface area contributed by atoms with E-state index < -0.39 is 5.97 Å². The van der Waals surface area contributed by atoms with Crippen molar-refractivity contribution in [3.63, 3.8) is 0 Å². The van der Waals surface area contributed by atoms with Gasteiger partial charge in [-0.2, -0.15) is 0 Å². The molecule has 0 saturated carbocycles. The number of hydrogen-bond acceptors (Lipinski definition) is 1. The van der Waals surface area contributed by atoms with Crippen LogP contribution in [0.25, 0.3) is 0 Å². The summed E-state index contributed by atoms with van der Waals surface area (Å²) in [6, 6.07) is 9.64. The summed E-state index contributed by atoms with van der Waals surface area (Å²) in [6.45, 7) is 5.61. The Balaban J connectivity index is 2.97. The number of allylic oxidation sites excluding steroid dienone is 1. The Hall–Kier alpha value is -1.57. The number of benzene rings is 1. The predicted octanol–water partition coefficient (Wildman–Crippen LogP) is 3.07. The van der Waals surface area contributed by atoms with Crippen molar-refractivity contribution < 1.29 is 9.90 Å². The van der Waals surface area contributed by atoms with Gasteiger partial charge in [0.25, 0.3) is 0 Å². The average Bonchev–Trinajstić information content (AvgIpc) is 2.26. The fourth-order valence-corrected chi connectivity index (χ4v) is 1.79. The van der Waals surface area contributed by atoms with Crippen molar-refractivity contribution >= 4 is 5.97 Å². The van der Waals surface area contributed by atoms with E-state index in [1.54, 1.807) is 6.08 Å². The molecule has 15 heavy (non-hydrogen) atoms. The molecule has 2 heteroatoms. The molecule has 0 saturated heterocycles. The van der Waals surface area contributed by atoms with Crippen molar-refractivity contribution in [2.24, 2.45) is 5.92 Å². The van der Waals surface area contributed by atoms with Crippen LogP contribution in [0.3, 0.4) is 0 Å². The third-order valence-electron chi connectivity index (χ3n) is 2.63. The van der Waals surface area contributed by atoms with Gasteiger partial charge in [-0.15, -0.1) is 6.58 Å². The summed E-state index contributed by atoms with van der Waals surface area (Å²) in [5.74, 6) is -1.25. The summed E-state index contributed by atoms with van der Waals surface area (Å²) in [5, 5.41) is 9.09. The van der Waals surface area contributed by atoms with Gasteiger partial charge in [0, 0.05) is 5.92 Å². The first kappa shape index (κ1) is 11.5. The van der Waals surface area contributed by atoms with Gasteiger partial charge < -0.3 is 5.11 Å². The largest absolute Gasteiger partial charge is 0.481 e. The Bertz CT molecular complexity index is 330. The van der Waals surface area contributed by atoms with Gasteiger partial charge in [0.2, 0.25) is 0 Å². The summed E-state index contributed by atoms with van der Waals surface area (Å²) in [7, 11) is 0. The Morgan fingerprint density at radius 3 is 2.47 bits per heavy atom. The van der Waals surface area contributed by atoms with E-state index in [-0.39, 0.29) is 11.8 Å². The summed E-state index contributed by atoms with van der Waals surface area (Å²) in [5.41, 5.74) is 1.02. The highest BCUT2D eigenvalue weighted by molar-refractivity contribution is 5.71. The fraction of sp³-hybridized carbons (Fsp3) is 0.308. The molecule has 1 aromatic carbocycles. The Kier molecular flexibility index (Phi) is 4.10. The van der Waals surface area contributed by atoms with E-state index in [0.717, 1.165) is 5.56 Å². The van der Waals surface area contributed by atoms with E-state index in [1.807, 2.05) is 37.3 Å². The van der Waals surface area contributed by atoms with E-state index in [0.29, 0.717) is 6.42 Å². The molecule has 0 aliphatic rings. The van der Waals surface area contributed by atoms with Crippen molar-refractivity contribution in [1.29, 1.82) is 0 Å². The predicted molar refractivity (Wildman–Crippen MR) is 60.8 cm³/mol. The molecule has 0 heterocycles. The number of rotatable bonds is 5. The maximum atomic E-state index is 11.1. The standard InChI is InChI=1S/C13H16O2/c1-3-11(12(4-2)13(14)15)10-8-6-5-7-9-10/h3,5-9,11-12H,1,4H2,2H3,(H,14,15)/t11-,12+/m0/s1. The molecule has 0 amide bonds. The Morgan fingerprint density at radius 1 is 1.47 bits per heavy atom. The summed E-state index contributed by atoms with van der Waals surface area (Å²) >= 11 is 0. The summed E-state index contributed by atoms with van der Waals surface area (Å²) in [6.07, 6.45) is 2.33. The van der Waals surface area contributed by atoms with Gasteiger partial charge in [0.15, 0.2) is 0 Å². The number of aliphatic carboxylic acids is 1. The second kappa shape index (κ2) is 5.35. The normalized spacial score (nSPS) is 14.2. The van der Waals surface area contributed by atoms with Crippen LogP contribution < -0.4 is 0 Å². The second-order valence-corrected chi connectivity index (χ2v) is 3.53. The van der Waals surface area contributed by atoms with Crippen LogP contribution in [0.15, 0.2) is 43.0 Å². The van der Waals surface area contributed by atoms with Crippen molar-refractivity contribution in [3.8, 4) is 0 Å². The smallest absolute Gasteiger partial charge is 0.307 e. The molecule has 0 bridgehead atoms. The maximum absolute atomic E-state index is 11.1. The molecule has 0 aliphatic heterocycles. The Morgan fingerprint density at radius 2 is 2.07 bits per heavy atom. The first-order valence-corrected chi connectivity index (χ1v) is 5.11. The number of hydrogen-bond donors (Lipinski definition) is 1. The molecule has 80 valence electrons. The van der Waals surface area contributed by atoms with Gasteiger partial charge in [-0.05, 0) is 12.0 Å². The van der Waals surface area contributed by atoms with Gasteiger partial charge in [0.1, 0.15) is 0 Å². The van der Waals surface area contributed by atoms with Crippen LogP contribution in [-0.2, 0) is 4.79 Å². The van der Waals surface area contributed by atoms with Crippen LogP contribution >= 0.6 is 0 Å². The minimum absolute atomic E-state index is 0.103. The SMILES string of the molecule is C=C[C@@H](c1ccccc1)[C@@H](CC)C(=O)O. The third-order valence-corrected chi connectivity index (χ3v) is 2.63. The van der Waals surface area contributed by atoms with Gasteiger partial charge in [0.05, 0.1) is 5.92 Å². The molecule has 0 aliphatic carbocycles. The monoisotopic (exact) mass is 204 g/mol. The lowest BCUT2D eigenvalue weighted by atomic mass is 9.84. The fourth-order valence-electron chi connectivity index (χ4n) is 1.79. The molecule has 2 atom stereocenters. The molecule has 0 spiro atoms. The molecule has 0 radical (unpaired) electrons. The molecule has 2 nitrogen and oxygen atoms in total. The van der Waals surface area contributed by atoms with Crippen LogP contribution in [0.5, 0.6) is 0 Å². The lowest BCUT2D eigenvalue weighted by Crippen LogP contribution is -2.19. The zero-order chi connectivity index (χ0) is 11.3. The van der Waals surface area contributed by atoms with Crippen molar-refractivity contribution in [1.82, 2.24) is 0 Å². The molecule has 0 fully saturated rings. The Labute approximate surface area is 90.3 Å². The van der Waals surface area contributed by atoms with E-state index in [2.05, 4.69) is 6.58 Å². The van der Waals surface area contributed by atoms with E-state index in [9.17, 15) is 4.79 Å². The van der Waals surface area contributed by atoms with Crippen LogP contribution in [-0.4, -0.2) is 11.1 Å². The third kappa shape index (κ3) is 2.69. The average molecular weight is 204 g/mol. The van der Waals surface area contributed by atoms with Crippen molar-refractivity contribution in [2.75, 3.05) is 0 Å². The van der Waals surface area contributed by atoms with Crippen LogP contribution in [0.4, 0.5) is 0 Å². The highest BCUT2D eigenvalue weighted by Crippen LogP contribution is 2.28. The van der Waals surface area contributed by atoms with Gasteiger partial charge in [-0.1, -0.05) is 43.3 Å². The lowest BCUT2D eigenvalue weighted by Gasteiger charge is -2.19. The summed E-state index contributed by atoms with van der Waals surface area (Å²) < 4.78 is 0. The molecular weight excluding hydrogens is 188 g/mol. The zero-order valence-electron chi connectivity index (χ0n) is 8.89. The molecule has 1 aromatic rings.